The van der Waals surface area contributed by atoms with Gasteiger partial charge in [-0.3, -0.25) is 33.6 Å². The van der Waals surface area contributed by atoms with E-state index in [1.54, 1.807) is 70.2 Å². The van der Waals surface area contributed by atoms with Gasteiger partial charge in [-0.15, -0.1) is 0 Å². The van der Waals surface area contributed by atoms with Gasteiger partial charge in [-0.1, -0.05) is 83.1 Å². The molecule has 0 aromatic heterocycles. The Labute approximate surface area is 353 Å². The molecule has 1 aliphatic rings. The van der Waals surface area contributed by atoms with Crippen molar-refractivity contribution in [3.05, 3.63) is 69.2 Å². The second kappa shape index (κ2) is 23.8. The van der Waals surface area contributed by atoms with Gasteiger partial charge < -0.3 is 47.9 Å². The maximum Gasteiger partial charge on any atom is 0.329 e. The van der Waals surface area contributed by atoms with Gasteiger partial charge in [0.2, 0.25) is 41.4 Å². The standard InChI is InChI=1S/C39H51Br2N7O10/c1-6-20(3)31-37(55)45-26(18-28(42)49)35(53)44-27(19-29(43)50)36(54)48-32(21(4)7-2)39(57)58-22(5)33(38(56)47-31)46-30(51)15-13-11-9-8-10-12-14-23-16-24(40)34(52)25(41)17-23/h8-17,20-22,26-27,31-33,52H,6-7,18-19H2,1-5H3,(H2,42,49)(H2,43,50)(H,44,53)(H,45,55)(H,46,51)(H,47,56)(H,48,54)/b10-8+,11-9+,14-12+,15-13+/t20-,21-,22+,26-,27+,31+,32+,33+/m0/s1. The number of cyclic esters (lactones) is 1. The van der Waals surface area contributed by atoms with Crippen molar-refractivity contribution in [3.8, 4) is 5.75 Å². The molecule has 8 atom stereocenters. The average molecular weight is 938 g/mol. The van der Waals surface area contributed by atoms with Gasteiger partial charge in [0.25, 0.3) is 0 Å². The summed E-state index contributed by atoms with van der Waals surface area (Å²) in [5.74, 6) is -8.69. The van der Waals surface area contributed by atoms with Crippen molar-refractivity contribution in [2.75, 3.05) is 0 Å². The van der Waals surface area contributed by atoms with Crippen molar-refractivity contribution in [2.45, 2.75) is 96.6 Å². The summed E-state index contributed by atoms with van der Waals surface area (Å²) in [6.45, 7) is 8.09. The van der Waals surface area contributed by atoms with Crippen LogP contribution in [-0.2, 0) is 43.1 Å². The number of phenols is 1. The highest BCUT2D eigenvalue weighted by Gasteiger charge is 2.39. The lowest BCUT2D eigenvalue weighted by Gasteiger charge is -2.32. The van der Waals surface area contributed by atoms with Crippen LogP contribution in [0, 0.1) is 11.8 Å². The highest BCUT2D eigenvalue weighted by molar-refractivity contribution is 9.11. The third kappa shape index (κ3) is 15.6. The molecule has 1 aromatic rings. The number of rotatable bonds is 14. The number of amides is 7. The number of esters is 1. The number of allylic oxidation sites excluding steroid dienone is 6. The van der Waals surface area contributed by atoms with Crippen molar-refractivity contribution in [1.82, 2.24) is 26.6 Å². The van der Waals surface area contributed by atoms with Gasteiger partial charge in [-0.05, 0) is 68.3 Å². The lowest BCUT2D eigenvalue weighted by Crippen LogP contribution is -2.63. The molecule has 7 amide bonds. The van der Waals surface area contributed by atoms with Crippen molar-refractivity contribution < 1.29 is 48.2 Å². The first-order valence-corrected chi connectivity index (χ1v) is 20.0. The summed E-state index contributed by atoms with van der Waals surface area (Å²) >= 11 is 6.56. The summed E-state index contributed by atoms with van der Waals surface area (Å²) in [4.78, 5) is 105. The minimum Gasteiger partial charge on any atom is -0.506 e. The van der Waals surface area contributed by atoms with Gasteiger partial charge >= 0.3 is 5.97 Å². The summed E-state index contributed by atoms with van der Waals surface area (Å²) in [5, 5.41) is 22.2. The minimum atomic E-state index is -1.65. The number of hydrogen-bond acceptors (Lipinski definition) is 10. The minimum absolute atomic E-state index is 0.0869. The Morgan fingerprint density at radius 1 is 0.759 bits per heavy atom. The van der Waals surface area contributed by atoms with Crippen molar-refractivity contribution in [3.63, 3.8) is 0 Å². The normalized spacial score (nSPS) is 23.9. The molecule has 1 fully saturated rings. The lowest BCUT2D eigenvalue weighted by molar-refractivity contribution is -0.157. The van der Waals surface area contributed by atoms with Gasteiger partial charge in [0.05, 0.1) is 21.8 Å². The van der Waals surface area contributed by atoms with Crippen LogP contribution in [0.1, 0.15) is 65.9 Å². The largest absolute Gasteiger partial charge is 0.506 e. The number of nitrogens with two attached hydrogens (primary N) is 2. The van der Waals surface area contributed by atoms with Gasteiger partial charge in [-0.25, -0.2) is 4.79 Å². The summed E-state index contributed by atoms with van der Waals surface area (Å²) in [6, 6.07) is -4.09. The van der Waals surface area contributed by atoms with E-state index in [0.717, 1.165) is 11.6 Å². The molecule has 316 valence electrons. The number of carbonyl (C=O) groups excluding carboxylic acids is 8. The van der Waals surface area contributed by atoms with E-state index in [1.165, 1.54) is 13.0 Å². The molecule has 0 radical (unpaired) electrons. The number of primary amides is 2. The fourth-order valence-corrected chi connectivity index (χ4v) is 6.61. The summed E-state index contributed by atoms with van der Waals surface area (Å²) in [6.07, 6.45) is 10.6. The molecule has 2 rings (SSSR count). The predicted molar refractivity (Wildman–Crippen MR) is 222 cm³/mol. The average Bonchev–Trinajstić information content (AvgIpc) is 3.15. The number of nitrogens with one attached hydrogen (secondary N) is 5. The first-order valence-electron chi connectivity index (χ1n) is 18.4. The zero-order valence-corrected chi connectivity index (χ0v) is 35.9. The van der Waals surface area contributed by atoms with Crippen LogP contribution in [0.5, 0.6) is 5.75 Å². The molecule has 0 bridgehead atoms. The molecule has 1 aliphatic heterocycles. The summed E-state index contributed by atoms with van der Waals surface area (Å²) < 4.78 is 6.72. The number of benzene rings is 1. The highest BCUT2D eigenvalue weighted by Crippen LogP contribution is 2.33. The smallest absolute Gasteiger partial charge is 0.329 e. The third-order valence-electron chi connectivity index (χ3n) is 9.12. The molecule has 10 N–H and O–H groups in total. The fourth-order valence-electron chi connectivity index (χ4n) is 5.39. The second-order valence-electron chi connectivity index (χ2n) is 13.7. The summed E-state index contributed by atoms with van der Waals surface area (Å²) in [7, 11) is 0. The molecule has 0 saturated carbocycles. The molecule has 0 aliphatic carbocycles. The molecule has 0 unspecified atom stereocenters. The highest BCUT2D eigenvalue weighted by atomic mass is 79.9. The predicted octanol–water partition coefficient (Wildman–Crippen LogP) is 1.81. The van der Waals surface area contributed by atoms with Crippen LogP contribution >= 0.6 is 31.9 Å². The summed E-state index contributed by atoms with van der Waals surface area (Å²) in [5.41, 5.74) is 11.5. The monoisotopic (exact) mass is 935 g/mol. The second-order valence-corrected chi connectivity index (χ2v) is 15.4. The molecule has 1 saturated heterocycles. The Balaban J connectivity index is 2.47. The number of hydrogen-bond donors (Lipinski definition) is 8. The third-order valence-corrected chi connectivity index (χ3v) is 10.3. The van der Waals surface area contributed by atoms with E-state index in [-0.39, 0.29) is 5.75 Å². The van der Waals surface area contributed by atoms with Crippen LogP contribution in [0.3, 0.4) is 0 Å². The molecule has 19 heteroatoms. The van der Waals surface area contributed by atoms with Crippen LogP contribution in [0.2, 0.25) is 0 Å². The Hall–Kier alpha value is -5.30. The lowest BCUT2D eigenvalue weighted by atomic mass is 9.96. The van der Waals surface area contributed by atoms with Crippen LogP contribution in [0.4, 0.5) is 0 Å². The first kappa shape index (κ1) is 48.8. The van der Waals surface area contributed by atoms with Gasteiger partial charge in [-0.2, -0.15) is 0 Å². The van der Waals surface area contributed by atoms with E-state index in [0.29, 0.717) is 21.8 Å². The van der Waals surface area contributed by atoms with Gasteiger partial charge in [0.15, 0.2) is 0 Å². The van der Waals surface area contributed by atoms with Crippen molar-refractivity contribution in [2.24, 2.45) is 23.3 Å². The van der Waals surface area contributed by atoms with Crippen molar-refractivity contribution >= 4 is 85.3 Å². The van der Waals surface area contributed by atoms with Gasteiger partial charge in [0.1, 0.15) is 42.1 Å². The maximum atomic E-state index is 13.9. The molecule has 58 heavy (non-hydrogen) atoms. The molecule has 17 nitrogen and oxygen atoms in total. The first-order chi connectivity index (χ1) is 27.3. The van der Waals surface area contributed by atoms with Gasteiger partial charge in [0, 0.05) is 6.08 Å². The molecule has 1 aromatic carbocycles. The quantitative estimate of drug-likeness (QED) is 0.0761. The van der Waals surface area contributed by atoms with E-state index >= 15 is 0 Å². The zero-order valence-electron chi connectivity index (χ0n) is 32.8. The fraction of sp³-hybridized carbons (Fsp3) is 0.436. The molecule has 1 heterocycles. The molecular weight excluding hydrogens is 886 g/mol. The topological polar surface area (TPSA) is 278 Å². The van der Waals surface area contributed by atoms with E-state index in [1.807, 2.05) is 6.08 Å². The van der Waals surface area contributed by atoms with Crippen LogP contribution < -0.4 is 38.1 Å². The van der Waals surface area contributed by atoms with E-state index < -0.39 is 108 Å². The maximum absolute atomic E-state index is 13.9. The number of halogens is 2. The van der Waals surface area contributed by atoms with Crippen LogP contribution in [0.25, 0.3) is 6.08 Å². The number of phenolic OH excluding ortho intramolecular Hbond substituents is 1. The van der Waals surface area contributed by atoms with E-state index in [4.69, 9.17) is 16.2 Å². The molecule has 0 spiro atoms. The van der Waals surface area contributed by atoms with Crippen molar-refractivity contribution in [1.29, 1.82) is 0 Å². The Morgan fingerprint density at radius 3 is 1.76 bits per heavy atom. The zero-order chi connectivity index (χ0) is 43.7. The van der Waals surface area contributed by atoms with Crippen LogP contribution in [-0.4, -0.2) is 88.7 Å². The molecular formula is C39H51Br2N7O10. The number of ether oxygens (including phenoxy) is 1. The van der Waals surface area contributed by atoms with E-state index in [9.17, 15) is 43.5 Å². The Kier molecular flexibility index (Phi) is 20.1. The van der Waals surface area contributed by atoms with E-state index in [2.05, 4.69) is 58.4 Å². The Bertz CT molecular complexity index is 1810. The van der Waals surface area contributed by atoms with Crippen LogP contribution in [0.15, 0.2) is 63.6 Å². The number of aromatic hydroxyl groups is 1. The Morgan fingerprint density at radius 2 is 1.22 bits per heavy atom. The number of carbonyl (C=O) groups is 8. The SMILES string of the molecule is CC[C@H](C)[C@H]1NC(=O)[C@H](NC(=O)/C=C/C=C/C=C/C=C/c2cc(Br)c(O)c(Br)c2)[C@@H](C)OC(=O)[C@@H]([C@@H](C)CC)NC(=O)[C@@H](CC(N)=O)NC(=O)[C@H](CC(N)=O)NC1=O.